The van der Waals surface area contributed by atoms with E-state index >= 15 is 0 Å². The first-order chi connectivity index (χ1) is 8.88. The fourth-order valence-electron chi connectivity index (χ4n) is 1.91. The van der Waals surface area contributed by atoms with Gasteiger partial charge in [-0.25, -0.2) is 4.98 Å². The van der Waals surface area contributed by atoms with Crippen LogP contribution in [0, 0.1) is 0 Å². The summed E-state index contributed by atoms with van der Waals surface area (Å²) in [5.74, 6) is 1.45. The Balaban J connectivity index is 2.12. The lowest BCUT2D eigenvalue weighted by Gasteiger charge is -2.02. The molecule has 0 aliphatic rings. The summed E-state index contributed by atoms with van der Waals surface area (Å²) in [6.07, 6.45) is 4.51. The Morgan fingerprint density at radius 1 is 1.06 bits per heavy atom. The van der Waals surface area contributed by atoms with Crippen LogP contribution in [-0.4, -0.2) is 26.1 Å². The minimum Gasteiger partial charge on any atom is -0.330 e. The summed E-state index contributed by atoms with van der Waals surface area (Å²) < 4.78 is 1.90. The highest BCUT2D eigenvalue weighted by Crippen LogP contribution is 2.18. The molecule has 0 atom stereocenters. The van der Waals surface area contributed by atoms with E-state index in [-0.39, 0.29) is 0 Å². The molecule has 3 rings (SSSR count). The van der Waals surface area contributed by atoms with Crippen molar-refractivity contribution in [1.82, 2.24) is 19.6 Å². The summed E-state index contributed by atoms with van der Waals surface area (Å²) in [4.78, 5) is 4.31. The number of nitrogens with two attached hydrogens (primary N) is 1. The van der Waals surface area contributed by atoms with Crippen LogP contribution in [0.25, 0.3) is 16.9 Å². The molecule has 0 unspecified atom stereocenters. The highest BCUT2D eigenvalue weighted by Gasteiger charge is 2.07. The number of aromatic nitrogens is 4. The van der Waals surface area contributed by atoms with Crippen molar-refractivity contribution in [1.29, 1.82) is 0 Å². The Labute approximate surface area is 104 Å². The van der Waals surface area contributed by atoms with E-state index in [1.807, 2.05) is 35.0 Å². The third-order valence-corrected chi connectivity index (χ3v) is 2.81. The van der Waals surface area contributed by atoms with E-state index in [2.05, 4.69) is 27.3 Å². The lowest BCUT2D eigenvalue weighted by atomic mass is 10.1. The fraction of sp³-hybridized carbons (Fsp3) is 0.154. The van der Waals surface area contributed by atoms with Gasteiger partial charge in [-0.2, -0.15) is 0 Å². The van der Waals surface area contributed by atoms with E-state index in [9.17, 15) is 0 Å². The molecule has 18 heavy (non-hydrogen) atoms. The standard InChI is InChI=1S/C13H13N5/c14-7-6-12-16-17-13-15-8-11(9-18(12)13)10-4-2-1-3-5-10/h1-5,8-9H,6-7,14H2. The third kappa shape index (κ3) is 1.84. The predicted octanol–water partition coefficient (Wildman–Crippen LogP) is 1.29. The van der Waals surface area contributed by atoms with Gasteiger partial charge in [0.2, 0.25) is 0 Å². The van der Waals surface area contributed by atoms with Crippen LogP contribution in [0.15, 0.2) is 42.7 Å². The van der Waals surface area contributed by atoms with Gasteiger partial charge in [-0.05, 0) is 12.1 Å². The number of nitrogens with zero attached hydrogens (tertiary/aromatic N) is 4. The van der Waals surface area contributed by atoms with Gasteiger partial charge < -0.3 is 5.73 Å². The normalized spacial score (nSPS) is 10.9. The largest absolute Gasteiger partial charge is 0.330 e. The van der Waals surface area contributed by atoms with Crippen molar-refractivity contribution in [3.8, 4) is 11.1 Å². The van der Waals surface area contributed by atoms with Gasteiger partial charge in [0, 0.05) is 24.4 Å². The minimum atomic E-state index is 0.552. The van der Waals surface area contributed by atoms with Crippen LogP contribution in [0.2, 0.25) is 0 Å². The molecule has 0 spiro atoms. The van der Waals surface area contributed by atoms with E-state index in [1.54, 1.807) is 0 Å². The zero-order valence-electron chi connectivity index (χ0n) is 9.82. The molecule has 0 aliphatic carbocycles. The molecule has 2 aromatic heterocycles. The molecule has 0 amide bonds. The lowest BCUT2D eigenvalue weighted by molar-refractivity contribution is 0.847. The van der Waals surface area contributed by atoms with Crippen LogP contribution < -0.4 is 5.73 Å². The highest BCUT2D eigenvalue weighted by atomic mass is 15.3. The molecule has 0 fully saturated rings. The average Bonchev–Trinajstić information content (AvgIpc) is 2.83. The summed E-state index contributed by atoms with van der Waals surface area (Å²) in [6.45, 7) is 0.552. The molecule has 2 heterocycles. The van der Waals surface area contributed by atoms with Gasteiger partial charge in [-0.1, -0.05) is 30.3 Å². The monoisotopic (exact) mass is 239 g/mol. The van der Waals surface area contributed by atoms with E-state index in [0.717, 1.165) is 17.0 Å². The van der Waals surface area contributed by atoms with Crippen molar-refractivity contribution >= 4 is 5.78 Å². The van der Waals surface area contributed by atoms with Crippen molar-refractivity contribution < 1.29 is 0 Å². The van der Waals surface area contributed by atoms with Gasteiger partial charge in [0.05, 0.1) is 0 Å². The number of benzene rings is 1. The second-order valence-electron chi connectivity index (χ2n) is 4.03. The van der Waals surface area contributed by atoms with Gasteiger partial charge in [-0.15, -0.1) is 10.2 Å². The average molecular weight is 239 g/mol. The maximum atomic E-state index is 5.56. The third-order valence-electron chi connectivity index (χ3n) is 2.81. The number of hydrogen-bond acceptors (Lipinski definition) is 4. The van der Waals surface area contributed by atoms with Gasteiger partial charge in [0.25, 0.3) is 5.78 Å². The van der Waals surface area contributed by atoms with Crippen molar-refractivity contribution in [3.05, 3.63) is 48.5 Å². The summed E-state index contributed by atoms with van der Waals surface area (Å²) in [5.41, 5.74) is 7.73. The first-order valence-electron chi connectivity index (χ1n) is 5.83. The Bertz CT molecular complexity index is 659. The smallest absolute Gasteiger partial charge is 0.254 e. The topological polar surface area (TPSA) is 69.1 Å². The Kier molecular flexibility index (Phi) is 2.74. The quantitative estimate of drug-likeness (QED) is 0.747. The first kappa shape index (κ1) is 10.9. The molecule has 0 saturated heterocycles. The SMILES string of the molecule is NCCc1nnc2ncc(-c3ccccc3)cn12. The second-order valence-corrected chi connectivity index (χ2v) is 4.03. The summed E-state index contributed by atoms with van der Waals surface area (Å²) in [6, 6.07) is 10.1. The molecule has 3 aromatic rings. The lowest BCUT2D eigenvalue weighted by Crippen LogP contribution is -2.06. The maximum absolute atomic E-state index is 5.56. The van der Waals surface area contributed by atoms with Gasteiger partial charge in [-0.3, -0.25) is 4.40 Å². The van der Waals surface area contributed by atoms with Crippen LogP contribution in [0.4, 0.5) is 0 Å². The fourth-order valence-corrected chi connectivity index (χ4v) is 1.91. The molecule has 1 aromatic carbocycles. The Hall–Kier alpha value is -2.27. The number of fused-ring (bicyclic) bond motifs is 1. The number of hydrogen-bond donors (Lipinski definition) is 1. The molecule has 0 bridgehead atoms. The predicted molar refractivity (Wildman–Crippen MR) is 69.0 cm³/mol. The Morgan fingerprint density at radius 2 is 1.89 bits per heavy atom. The molecule has 5 nitrogen and oxygen atoms in total. The van der Waals surface area contributed by atoms with Crippen molar-refractivity contribution in [3.63, 3.8) is 0 Å². The molecule has 0 saturated carbocycles. The Morgan fingerprint density at radius 3 is 2.67 bits per heavy atom. The van der Waals surface area contributed by atoms with Gasteiger partial charge >= 0.3 is 0 Å². The molecule has 90 valence electrons. The van der Waals surface area contributed by atoms with Gasteiger partial charge in [0.15, 0.2) is 0 Å². The maximum Gasteiger partial charge on any atom is 0.254 e. The minimum absolute atomic E-state index is 0.552. The van der Waals surface area contributed by atoms with Gasteiger partial charge in [0.1, 0.15) is 5.82 Å². The highest BCUT2D eigenvalue weighted by molar-refractivity contribution is 5.62. The zero-order valence-corrected chi connectivity index (χ0v) is 9.82. The molecule has 0 aliphatic heterocycles. The molecule has 2 N–H and O–H groups in total. The van der Waals surface area contributed by atoms with E-state index in [1.165, 1.54) is 0 Å². The van der Waals surface area contributed by atoms with E-state index in [0.29, 0.717) is 18.7 Å². The van der Waals surface area contributed by atoms with Crippen molar-refractivity contribution in [2.45, 2.75) is 6.42 Å². The summed E-state index contributed by atoms with van der Waals surface area (Å²) in [5, 5.41) is 8.11. The molecule has 5 heteroatoms. The summed E-state index contributed by atoms with van der Waals surface area (Å²) in [7, 11) is 0. The van der Waals surface area contributed by atoms with Crippen LogP contribution in [-0.2, 0) is 6.42 Å². The summed E-state index contributed by atoms with van der Waals surface area (Å²) >= 11 is 0. The van der Waals surface area contributed by atoms with E-state index in [4.69, 9.17) is 5.73 Å². The zero-order chi connectivity index (χ0) is 12.4. The van der Waals surface area contributed by atoms with Crippen LogP contribution in [0.5, 0.6) is 0 Å². The molecular formula is C13H13N5. The molecule has 0 radical (unpaired) electrons. The number of rotatable bonds is 3. The van der Waals surface area contributed by atoms with E-state index < -0.39 is 0 Å². The van der Waals surface area contributed by atoms with Crippen LogP contribution >= 0.6 is 0 Å². The van der Waals surface area contributed by atoms with Crippen LogP contribution in [0.1, 0.15) is 5.82 Å². The first-order valence-corrected chi connectivity index (χ1v) is 5.83. The van der Waals surface area contributed by atoms with Crippen molar-refractivity contribution in [2.75, 3.05) is 6.54 Å². The van der Waals surface area contributed by atoms with Crippen LogP contribution in [0.3, 0.4) is 0 Å². The second kappa shape index (κ2) is 4.54. The molecular weight excluding hydrogens is 226 g/mol. The van der Waals surface area contributed by atoms with Crippen molar-refractivity contribution in [2.24, 2.45) is 5.73 Å².